The molecule has 4 nitrogen and oxygen atoms in total. The van der Waals surface area contributed by atoms with E-state index in [1.54, 1.807) is 26.2 Å². The van der Waals surface area contributed by atoms with Gasteiger partial charge < -0.3 is 9.47 Å². The largest absolute Gasteiger partial charge is 0.476 e. The summed E-state index contributed by atoms with van der Waals surface area (Å²) in [6, 6.07) is 7.50. The minimum atomic E-state index is -1.02. The summed E-state index contributed by atoms with van der Waals surface area (Å²) in [6.45, 7) is 3.36. The van der Waals surface area contributed by atoms with Gasteiger partial charge in [0, 0.05) is 23.2 Å². The molecule has 1 heterocycles. The standard InChI is InChI=1S/C14H15NO3/c1-14(2,13(16)17-3)18-12-6-4-5-10-9-15-8-7-11(10)12/h4-9H,1-3H3. The van der Waals surface area contributed by atoms with Crippen molar-refractivity contribution in [2.45, 2.75) is 19.4 Å². The highest BCUT2D eigenvalue weighted by molar-refractivity contribution is 5.88. The molecule has 0 amide bonds. The molecule has 94 valence electrons. The number of carbonyl (C=O) groups excluding carboxylic acids is 1. The highest BCUT2D eigenvalue weighted by Gasteiger charge is 2.31. The van der Waals surface area contributed by atoms with Crippen LogP contribution >= 0.6 is 0 Å². The van der Waals surface area contributed by atoms with Gasteiger partial charge in [-0.15, -0.1) is 0 Å². The molecule has 4 heteroatoms. The second-order valence-electron chi connectivity index (χ2n) is 4.46. The van der Waals surface area contributed by atoms with Crippen LogP contribution < -0.4 is 4.74 Å². The number of hydrogen-bond acceptors (Lipinski definition) is 4. The fourth-order valence-electron chi connectivity index (χ4n) is 1.74. The summed E-state index contributed by atoms with van der Waals surface area (Å²) in [6.07, 6.45) is 3.45. The van der Waals surface area contributed by atoms with Gasteiger partial charge >= 0.3 is 5.97 Å². The average Bonchev–Trinajstić information content (AvgIpc) is 2.38. The van der Waals surface area contributed by atoms with E-state index in [2.05, 4.69) is 4.98 Å². The third-order valence-corrected chi connectivity index (χ3v) is 2.68. The number of aromatic nitrogens is 1. The average molecular weight is 245 g/mol. The Hall–Kier alpha value is -2.10. The van der Waals surface area contributed by atoms with Crippen LogP contribution in [0.25, 0.3) is 10.8 Å². The highest BCUT2D eigenvalue weighted by atomic mass is 16.6. The number of hydrogen-bond donors (Lipinski definition) is 0. The lowest BCUT2D eigenvalue weighted by molar-refractivity contribution is -0.155. The summed E-state index contributed by atoms with van der Waals surface area (Å²) >= 11 is 0. The number of esters is 1. The van der Waals surface area contributed by atoms with Gasteiger partial charge in [0.05, 0.1) is 7.11 Å². The molecule has 0 aliphatic heterocycles. The van der Waals surface area contributed by atoms with Gasteiger partial charge in [0.15, 0.2) is 5.60 Å². The van der Waals surface area contributed by atoms with Crippen LogP contribution in [0.1, 0.15) is 13.8 Å². The molecule has 18 heavy (non-hydrogen) atoms. The fourth-order valence-corrected chi connectivity index (χ4v) is 1.74. The van der Waals surface area contributed by atoms with Crippen molar-refractivity contribution < 1.29 is 14.3 Å². The highest BCUT2D eigenvalue weighted by Crippen LogP contribution is 2.28. The van der Waals surface area contributed by atoms with Crippen molar-refractivity contribution in [3.8, 4) is 5.75 Å². The van der Waals surface area contributed by atoms with Gasteiger partial charge in [-0.25, -0.2) is 4.79 Å². The molecule has 1 aromatic carbocycles. The number of pyridine rings is 1. The quantitative estimate of drug-likeness (QED) is 0.780. The third kappa shape index (κ3) is 2.27. The Labute approximate surface area is 106 Å². The Bertz CT molecular complexity index is 573. The van der Waals surface area contributed by atoms with E-state index >= 15 is 0 Å². The van der Waals surface area contributed by atoms with E-state index in [0.29, 0.717) is 5.75 Å². The van der Waals surface area contributed by atoms with Crippen LogP contribution in [0.3, 0.4) is 0 Å². The van der Waals surface area contributed by atoms with E-state index in [-0.39, 0.29) is 0 Å². The Kier molecular flexibility index (Phi) is 3.19. The van der Waals surface area contributed by atoms with E-state index in [9.17, 15) is 4.79 Å². The van der Waals surface area contributed by atoms with Crippen LogP contribution in [-0.2, 0) is 9.53 Å². The number of fused-ring (bicyclic) bond motifs is 1. The number of methoxy groups -OCH3 is 1. The lowest BCUT2D eigenvalue weighted by Gasteiger charge is -2.24. The molecule has 0 aliphatic carbocycles. The number of benzene rings is 1. The third-order valence-electron chi connectivity index (χ3n) is 2.68. The maximum absolute atomic E-state index is 11.6. The van der Waals surface area contributed by atoms with Crippen LogP contribution in [-0.4, -0.2) is 23.7 Å². The topological polar surface area (TPSA) is 48.4 Å². The minimum absolute atomic E-state index is 0.409. The zero-order valence-electron chi connectivity index (χ0n) is 10.6. The maximum Gasteiger partial charge on any atom is 0.349 e. The molecule has 0 fully saturated rings. The van der Waals surface area contributed by atoms with E-state index in [4.69, 9.17) is 9.47 Å². The Balaban J connectivity index is 2.41. The predicted molar refractivity (Wildman–Crippen MR) is 68.5 cm³/mol. The van der Waals surface area contributed by atoms with Crippen LogP contribution in [0.2, 0.25) is 0 Å². The zero-order chi connectivity index (χ0) is 13.2. The summed E-state index contributed by atoms with van der Waals surface area (Å²) in [7, 11) is 1.35. The molecule has 0 saturated heterocycles. The van der Waals surface area contributed by atoms with Crippen molar-refractivity contribution in [1.29, 1.82) is 0 Å². The molecule has 0 radical (unpaired) electrons. The number of ether oxygens (including phenoxy) is 2. The van der Waals surface area contributed by atoms with Gasteiger partial charge in [0.25, 0.3) is 0 Å². The van der Waals surface area contributed by atoms with Crippen molar-refractivity contribution in [3.63, 3.8) is 0 Å². The minimum Gasteiger partial charge on any atom is -0.476 e. The molecule has 1 aromatic heterocycles. The second-order valence-corrected chi connectivity index (χ2v) is 4.46. The van der Waals surface area contributed by atoms with Gasteiger partial charge in [0.1, 0.15) is 5.75 Å². The van der Waals surface area contributed by atoms with Crippen molar-refractivity contribution in [2.24, 2.45) is 0 Å². The monoisotopic (exact) mass is 245 g/mol. The lowest BCUT2D eigenvalue weighted by atomic mass is 10.1. The van der Waals surface area contributed by atoms with E-state index < -0.39 is 11.6 Å². The molecule has 2 rings (SSSR count). The molecular weight excluding hydrogens is 230 g/mol. The van der Waals surface area contributed by atoms with Gasteiger partial charge in [-0.1, -0.05) is 12.1 Å². The smallest absolute Gasteiger partial charge is 0.349 e. The molecule has 0 atom stereocenters. The molecule has 0 aliphatic rings. The molecule has 0 bridgehead atoms. The van der Waals surface area contributed by atoms with Crippen molar-refractivity contribution in [3.05, 3.63) is 36.7 Å². The van der Waals surface area contributed by atoms with Crippen molar-refractivity contribution >= 4 is 16.7 Å². The number of rotatable bonds is 3. The molecule has 0 spiro atoms. The van der Waals surface area contributed by atoms with Crippen LogP contribution in [0.4, 0.5) is 0 Å². The maximum atomic E-state index is 11.6. The van der Waals surface area contributed by atoms with Crippen LogP contribution in [0.5, 0.6) is 5.75 Å². The molecule has 0 saturated carbocycles. The first kappa shape index (κ1) is 12.4. The Morgan fingerprint density at radius 3 is 2.78 bits per heavy atom. The first-order valence-electron chi connectivity index (χ1n) is 5.65. The number of carbonyl (C=O) groups is 1. The lowest BCUT2D eigenvalue weighted by Crippen LogP contribution is -2.39. The molecular formula is C14H15NO3. The predicted octanol–water partition coefficient (Wildman–Crippen LogP) is 2.57. The van der Waals surface area contributed by atoms with E-state index in [1.165, 1.54) is 7.11 Å². The first-order chi connectivity index (χ1) is 8.54. The second kappa shape index (κ2) is 4.64. The van der Waals surface area contributed by atoms with Gasteiger partial charge in [-0.2, -0.15) is 0 Å². The van der Waals surface area contributed by atoms with Gasteiger partial charge in [0.2, 0.25) is 0 Å². The Morgan fingerprint density at radius 2 is 2.06 bits per heavy atom. The molecule has 0 unspecified atom stereocenters. The van der Waals surface area contributed by atoms with E-state index in [0.717, 1.165) is 10.8 Å². The summed E-state index contributed by atoms with van der Waals surface area (Å²) < 4.78 is 10.5. The van der Waals surface area contributed by atoms with Gasteiger partial charge in [-0.05, 0) is 26.0 Å². The normalized spacial score (nSPS) is 11.3. The Morgan fingerprint density at radius 1 is 1.28 bits per heavy atom. The summed E-state index contributed by atoms with van der Waals surface area (Å²) in [4.78, 5) is 15.7. The van der Waals surface area contributed by atoms with Crippen molar-refractivity contribution in [1.82, 2.24) is 4.98 Å². The summed E-state index contributed by atoms with van der Waals surface area (Å²) in [5, 5.41) is 1.89. The van der Waals surface area contributed by atoms with Crippen LogP contribution in [0, 0.1) is 0 Å². The van der Waals surface area contributed by atoms with E-state index in [1.807, 2.05) is 24.3 Å². The molecule has 2 aromatic rings. The summed E-state index contributed by atoms with van der Waals surface area (Å²) in [5.41, 5.74) is -1.02. The van der Waals surface area contributed by atoms with Gasteiger partial charge in [-0.3, -0.25) is 4.98 Å². The molecule has 0 N–H and O–H groups in total. The zero-order valence-corrected chi connectivity index (χ0v) is 10.6. The van der Waals surface area contributed by atoms with Crippen LogP contribution in [0.15, 0.2) is 36.7 Å². The van der Waals surface area contributed by atoms with Crippen molar-refractivity contribution in [2.75, 3.05) is 7.11 Å². The number of nitrogens with zero attached hydrogens (tertiary/aromatic N) is 1. The first-order valence-corrected chi connectivity index (χ1v) is 5.65. The fraction of sp³-hybridized carbons (Fsp3) is 0.286. The summed E-state index contributed by atoms with van der Waals surface area (Å²) in [5.74, 6) is 0.235. The SMILES string of the molecule is COC(=O)C(C)(C)Oc1cccc2cnccc12.